The van der Waals surface area contributed by atoms with E-state index in [1.807, 2.05) is 6.92 Å². The molecule has 1 fully saturated rings. The van der Waals surface area contributed by atoms with Crippen molar-refractivity contribution in [2.24, 2.45) is 5.92 Å². The van der Waals surface area contributed by atoms with E-state index in [1.54, 1.807) is 0 Å². The first-order chi connectivity index (χ1) is 4.70. The molecule has 1 heteroatoms. The molecule has 0 aromatic heterocycles. The van der Waals surface area contributed by atoms with Crippen molar-refractivity contribution in [2.45, 2.75) is 38.7 Å². The monoisotopic (exact) mass is 140 g/mol. The summed E-state index contributed by atoms with van der Waals surface area (Å²) in [5, 5.41) is 9.23. The highest BCUT2D eigenvalue weighted by molar-refractivity contribution is 4.98. The first kappa shape index (κ1) is 7.80. The van der Waals surface area contributed by atoms with Crippen molar-refractivity contribution in [3.05, 3.63) is 12.2 Å². The van der Waals surface area contributed by atoms with E-state index in [0.29, 0.717) is 5.92 Å². The highest BCUT2D eigenvalue weighted by Crippen LogP contribution is 2.28. The minimum atomic E-state index is -0.118. The van der Waals surface area contributed by atoms with E-state index < -0.39 is 0 Å². The standard InChI is InChI=1S/C9H16O/c1-7-3-5-9(6-4-7)8(2)10/h8-10H,1,3-6H2,2H3. The third-order valence-corrected chi connectivity index (χ3v) is 2.42. The minimum Gasteiger partial charge on any atom is -0.393 e. The van der Waals surface area contributed by atoms with Gasteiger partial charge in [-0.15, -0.1) is 0 Å². The van der Waals surface area contributed by atoms with Gasteiger partial charge in [-0.2, -0.15) is 0 Å². The van der Waals surface area contributed by atoms with Crippen LogP contribution < -0.4 is 0 Å². The fourth-order valence-corrected chi connectivity index (χ4v) is 1.53. The van der Waals surface area contributed by atoms with Gasteiger partial charge in [0, 0.05) is 0 Å². The van der Waals surface area contributed by atoms with Gasteiger partial charge in [0.05, 0.1) is 6.10 Å². The average molecular weight is 140 g/mol. The van der Waals surface area contributed by atoms with Gasteiger partial charge in [-0.1, -0.05) is 12.2 Å². The molecule has 0 aromatic carbocycles. The van der Waals surface area contributed by atoms with Crippen LogP contribution in [0.5, 0.6) is 0 Å². The van der Waals surface area contributed by atoms with Gasteiger partial charge in [-0.25, -0.2) is 0 Å². The Balaban J connectivity index is 2.33. The van der Waals surface area contributed by atoms with Gasteiger partial charge < -0.3 is 5.11 Å². The average Bonchev–Trinajstić information content (AvgIpc) is 1.88. The van der Waals surface area contributed by atoms with Crippen molar-refractivity contribution in [1.29, 1.82) is 0 Å². The lowest BCUT2D eigenvalue weighted by Gasteiger charge is -2.25. The van der Waals surface area contributed by atoms with E-state index in [2.05, 4.69) is 6.58 Å². The summed E-state index contributed by atoms with van der Waals surface area (Å²) in [6, 6.07) is 0. The second-order valence-electron chi connectivity index (χ2n) is 3.33. The Morgan fingerprint density at radius 2 is 2.00 bits per heavy atom. The number of allylic oxidation sites excluding steroid dienone is 1. The first-order valence-corrected chi connectivity index (χ1v) is 4.05. The maximum atomic E-state index is 9.23. The summed E-state index contributed by atoms with van der Waals surface area (Å²) >= 11 is 0. The third-order valence-electron chi connectivity index (χ3n) is 2.42. The summed E-state index contributed by atoms with van der Waals surface area (Å²) in [5.41, 5.74) is 1.36. The van der Waals surface area contributed by atoms with Crippen molar-refractivity contribution in [1.82, 2.24) is 0 Å². The lowest BCUT2D eigenvalue weighted by molar-refractivity contribution is 0.109. The maximum absolute atomic E-state index is 9.23. The molecule has 58 valence electrons. The zero-order valence-electron chi connectivity index (χ0n) is 6.64. The predicted octanol–water partition coefficient (Wildman–Crippen LogP) is 2.11. The summed E-state index contributed by atoms with van der Waals surface area (Å²) in [4.78, 5) is 0. The van der Waals surface area contributed by atoms with Gasteiger partial charge in [-0.3, -0.25) is 0 Å². The topological polar surface area (TPSA) is 20.2 Å². The second kappa shape index (κ2) is 3.20. The molecule has 0 radical (unpaired) electrons. The van der Waals surface area contributed by atoms with E-state index in [9.17, 15) is 5.11 Å². The molecular weight excluding hydrogens is 124 g/mol. The zero-order chi connectivity index (χ0) is 7.56. The molecule has 0 aromatic rings. The fraction of sp³-hybridized carbons (Fsp3) is 0.778. The molecule has 0 spiro atoms. The van der Waals surface area contributed by atoms with Crippen molar-refractivity contribution < 1.29 is 5.11 Å². The van der Waals surface area contributed by atoms with Crippen LogP contribution in [0.2, 0.25) is 0 Å². The van der Waals surface area contributed by atoms with Crippen LogP contribution >= 0.6 is 0 Å². The van der Waals surface area contributed by atoms with Crippen LogP contribution in [0.25, 0.3) is 0 Å². The lowest BCUT2D eigenvalue weighted by atomic mass is 9.84. The Kier molecular flexibility index (Phi) is 2.50. The highest BCUT2D eigenvalue weighted by Gasteiger charge is 2.19. The Morgan fingerprint density at radius 1 is 1.50 bits per heavy atom. The van der Waals surface area contributed by atoms with Crippen LogP contribution in [0.4, 0.5) is 0 Å². The number of rotatable bonds is 1. The van der Waals surface area contributed by atoms with Crippen molar-refractivity contribution >= 4 is 0 Å². The van der Waals surface area contributed by atoms with Crippen LogP contribution in [0.3, 0.4) is 0 Å². The van der Waals surface area contributed by atoms with Crippen LogP contribution in [0.15, 0.2) is 12.2 Å². The molecule has 10 heavy (non-hydrogen) atoms. The minimum absolute atomic E-state index is 0.118. The largest absolute Gasteiger partial charge is 0.393 e. The summed E-state index contributed by atoms with van der Waals surface area (Å²) in [6.07, 6.45) is 4.39. The van der Waals surface area contributed by atoms with Crippen molar-refractivity contribution in [2.75, 3.05) is 0 Å². The molecule has 0 bridgehead atoms. The smallest absolute Gasteiger partial charge is 0.0540 e. The molecular formula is C9H16O. The number of aliphatic hydroxyl groups excluding tert-OH is 1. The Bertz CT molecular complexity index is 117. The number of aliphatic hydroxyl groups is 1. The highest BCUT2D eigenvalue weighted by atomic mass is 16.3. The molecule has 1 saturated carbocycles. The van der Waals surface area contributed by atoms with Crippen LogP contribution in [0.1, 0.15) is 32.6 Å². The molecule has 1 rings (SSSR count). The molecule has 1 aliphatic rings. The Labute approximate surface area is 62.8 Å². The lowest BCUT2D eigenvalue weighted by Crippen LogP contribution is -2.19. The molecule has 1 atom stereocenters. The molecule has 0 saturated heterocycles. The summed E-state index contributed by atoms with van der Waals surface area (Å²) in [5.74, 6) is 0.533. The SMILES string of the molecule is C=C1CCC(C(C)O)CC1. The Morgan fingerprint density at radius 3 is 2.40 bits per heavy atom. The Hall–Kier alpha value is -0.300. The third kappa shape index (κ3) is 1.84. The van der Waals surface area contributed by atoms with Crippen LogP contribution in [0, 0.1) is 5.92 Å². The van der Waals surface area contributed by atoms with Gasteiger partial charge >= 0.3 is 0 Å². The van der Waals surface area contributed by atoms with E-state index >= 15 is 0 Å². The maximum Gasteiger partial charge on any atom is 0.0540 e. The predicted molar refractivity (Wildman–Crippen MR) is 42.8 cm³/mol. The molecule has 0 aliphatic heterocycles. The summed E-state index contributed by atoms with van der Waals surface area (Å²) in [6.45, 7) is 5.81. The molecule has 0 heterocycles. The van der Waals surface area contributed by atoms with Crippen LogP contribution in [-0.4, -0.2) is 11.2 Å². The normalized spacial score (nSPS) is 24.8. The fourth-order valence-electron chi connectivity index (χ4n) is 1.53. The van der Waals surface area contributed by atoms with Gasteiger partial charge in [0.15, 0.2) is 0 Å². The van der Waals surface area contributed by atoms with Crippen LogP contribution in [-0.2, 0) is 0 Å². The molecule has 1 unspecified atom stereocenters. The molecule has 0 amide bonds. The molecule has 1 nitrogen and oxygen atoms in total. The van der Waals surface area contributed by atoms with Gasteiger partial charge in [-0.05, 0) is 38.5 Å². The number of hydrogen-bond donors (Lipinski definition) is 1. The van der Waals surface area contributed by atoms with Gasteiger partial charge in [0.1, 0.15) is 0 Å². The summed E-state index contributed by atoms with van der Waals surface area (Å²) in [7, 11) is 0. The second-order valence-corrected chi connectivity index (χ2v) is 3.33. The summed E-state index contributed by atoms with van der Waals surface area (Å²) < 4.78 is 0. The van der Waals surface area contributed by atoms with E-state index in [0.717, 1.165) is 25.7 Å². The van der Waals surface area contributed by atoms with Gasteiger partial charge in [0.25, 0.3) is 0 Å². The van der Waals surface area contributed by atoms with E-state index in [1.165, 1.54) is 5.57 Å². The van der Waals surface area contributed by atoms with Crippen molar-refractivity contribution in [3.8, 4) is 0 Å². The van der Waals surface area contributed by atoms with Crippen molar-refractivity contribution in [3.63, 3.8) is 0 Å². The van der Waals surface area contributed by atoms with E-state index in [4.69, 9.17) is 0 Å². The molecule has 1 aliphatic carbocycles. The number of hydrogen-bond acceptors (Lipinski definition) is 1. The molecule has 1 N–H and O–H groups in total. The zero-order valence-corrected chi connectivity index (χ0v) is 6.64. The van der Waals surface area contributed by atoms with Gasteiger partial charge in [0.2, 0.25) is 0 Å². The van der Waals surface area contributed by atoms with E-state index in [-0.39, 0.29) is 6.10 Å². The quantitative estimate of drug-likeness (QED) is 0.553. The first-order valence-electron chi connectivity index (χ1n) is 4.05.